The van der Waals surface area contributed by atoms with Crippen molar-refractivity contribution in [3.63, 3.8) is 0 Å². The minimum Gasteiger partial charge on any atom is -0.384 e. The lowest BCUT2D eigenvalue weighted by Gasteiger charge is -2.37. The van der Waals surface area contributed by atoms with Gasteiger partial charge in [0, 0.05) is 95.3 Å². The second-order valence-corrected chi connectivity index (χ2v) is 23.8. The van der Waals surface area contributed by atoms with Crippen molar-refractivity contribution in [1.82, 2.24) is 59.4 Å². The highest BCUT2D eigenvalue weighted by molar-refractivity contribution is 7.23. The SMILES string of the molecule is CN1CC(N)C1.CN1CC(Nc2cc(N)nc3cc(-c4ccn[nH]4)sc23)C1.CN1CC(Nc2cc(N)nc3cc(-c4ccnn4C4CCCCO4)sc23)C1.Nc1cc(Cl)c2sc(-c3ccnn3C3CCCCO3)cc2n1. The summed E-state index contributed by atoms with van der Waals surface area (Å²) in [6.07, 6.45) is 12.0. The number of thiophene rings is 3. The van der Waals surface area contributed by atoms with Crippen molar-refractivity contribution in [1.29, 1.82) is 0 Å². The second-order valence-electron chi connectivity index (χ2n) is 20.2. The number of H-pyrrole nitrogens is 1. The predicted molar refractivity (Wildman–Crippen MR) is 310 cm³/mol. The number of fused-ring (bicyclic) bond motifs is 3. The van der Waals surface area contributed by atoms with Crippen LogP contribution in [0.5, 0.6) is 0 Å². The zero-order valence-electron chi connectivity index (χ0n) is 42.9. The molecule has 2 unspecified atom stereocenters. The van der Waals surface area contributed by atoms with Gasteiger partial charge in [-0.3, -0.25) is 5.10 Å². The molecule has 14 rings (SSSR count). The number of aromatic nitrogens is 9. The van der Waals surface area contributed by atoms with Crippen LogP contribution in [0, 0.1) is 0 Å². The highest BCUT2D eigenvalue weighted by Crippen LogP contribution is 2.42. The maximum atomic E-state index is 6.27. The van der Waals surface area contributed by atoms with Gasteiger partial charge in [-0.1, -0.05) is 11.6 Å². The van der Waals surface area contributed by atoms with Crippen molar-refractivity contribution in [3.05, 3.63) is 78.2 Å². The van der Waals surface area contributed by atoms with Crippen molar-refractivity contribution < 1.29 is 9.47 Å². The molecule has 11 N–H and O–H groups in total. The summed E-state index contributed by atoms with van der Waals surface area (Å²) < 4.78 is 19.0. The number of hydrogen-bond acceptors (Lipinski definition) is 20. The van der Waals surface area contributed by atoms with Crippen LogP contribution in [0.25, 0.3) is 62.4 Å². The van der Waals surface area contributed by atoms with E-state index in [0.717, 1.165) is 152 Å². The second kappa shape index (κ2) is 22.9. The Morgan fingerprint density at radius 1 is 0.579 bits per heavy atom. The van der Waals surface area contributed by atoms with E-state index in [1.54, 1.807) is 52.5 Å². The molecule has 0 aliphatic carbocycles. The first-order valence-corrected chi connectivity index (χ1v) is 28.6. The van der Waals surface area contributed by atoms with Gasteiger partial charge in [-0.05, 0) is 96.1 Å². The molecule has 24 heteroatoms. The quantitative estimate of drug-likeness (QED) is 0.0714. The van der Waals surface area contributed by atoms with Crippen LogP contribution in [0.15, 0.2) is 73.2 Å². The number of aromatic amines is 1. The van der Waals surface area contributed by atoms with E-state index in [1.165, 1.54) is 12.8 Å². The number of nitrogens with zero attached hydrogens (tertiary/aromatic N) is 11. The Morgan fingerprint density at radius 2 is 1.04 bits per heavy atom. The maximum absolute atomic E-state index is 6.27. The number of halogens is 1. The van der Waals surface area contributed by atoms with Crippen LogP contribution in [-0.4, -0.2) is 151 Å². The summed E-state index contributed by atoms with van der Waals surface area (Å²) in [5, 5.41) is 23.8. The van der Waals surface area contributed by atoms with Gasteiger partial charge in [-0.25, -0.2) is 24.3 Å². The van der Waals surface area contributed by atoms with E-state index in [4.69, 9.17) is 44.0 Å². The van der Waals surface area contributed by atoms with E-state index in [1.807, 2.05) is 45.9 Å². The fraction of sp³-hybridized carbons (Fsp3) is 0.423. The van der Waals surface area contributed by atoms with Crippen LogP contribution in [0.1, 0.15) is 51.0 Å². The van der Waals surface area contributed by atoms with Gasteiger partial charge in [0.25, 0.3) is 0 Å². The highest BCUT2D eigenvalue weighted by Gasteiger charge is 2.27. The van der Waals surface area contributed by atoms with Gasteiger partial charge in [0.05, 0.1) is 90.8 Å². The molecule has 5 aliphatic rings. The van der Waals surface area contributed by atoms with Crippen molar-refractivity contribution in [3.8, 4) is 31.7 Å². The summed E-state index contributed by atoms with van der Waals surface area (Å²) >= 11 is 11.3. The lowest BCUT2D eigenvalue weighted by Crippen LogP contribution is -2.53. The summed E-state index contributed by atoms with van der Waals surface area (Å²) in [6.45, 7) is 7.98. The third-order valence-electron chi connectivity index (χ3n) is 13.9. The molecular weight excluding hydrogens is 1040 g/mol. The molecule has 0 amide bonds. The number of likely N-dealkylation sites (tertiary alicyclic amines) is 3. The summed E-state index contributed by atoms with van der Waals surface area (Å²) in [5.41, 5.74) is 31.2. The van der Waals surface area contributed by atoms with Gasteiger partial charge in [0.1, 0.15) is 17.5 Å². The lowest BCUT2D eigenvalue weighted by molar-refractivity contribution is -0.0384. The molecule has 400 valence electrons. The predicted octanol–water partition coefficient (Wildman–Crippen LogP) is 8.52. The fourth-order valence-corrected chi connectivity index (χ4v) is 13.6. The van der Waals surface area contributed by atoms with E-state index in [-0.39, 0.29) is 12.5 Å². The number of nitrogens with one attached hydrogen (secondary N) is 3. The first kappa shape index (κ1) is 52.1. The smallest absolute Gasteiger partial charge is 0.150 e. The molecule has 0 saturated carbocycles. The third kappa shape index (κ3) is 11.8. The molecular formula is C52H65ClN18O2S3. The van der Waals surface area contributed by atoms with Gasteiger partial charge in [-0.2, -0.15) is 15.3 Å². The zero-order chi connectivity index (χ0) is 52.5. The average Bonchev–Trinajstić information content (AvgIpc) is 4.26. The molecule has 0 spiro atoms. The Kier molecular flexibility index (Phi) is 15.7. The van der Waals surface area contributed by atoms with Crippen LogP contribution >= 0.6 is 45.6 Å². The number of likely N-dealkylation sites (N-methyl/N-ethyl adjacent to an activating group) is 3. The van der Waals surface area contributed by atoms with Crippen molar-refractivity contribution >= 4 is 105 Å². The van der Waals surface area contributed by atoms with E-state index < -0.39 is 0 Å². The summed E-state index contributed by atoms with van der Waals surface area (Å²) in [4.78, 5) is 23.4. The highest BCUT2D eigenvalue weighted by atomic mass is 35.5. The Morgan fingerprint density at radius 3 is 1.47 bits per heavy atom. The number of nitrogens with two attached hydrogens (primary N) is 4. The van der Waals surface area contributed by atoms with Crippen molar-refractivity contribution in [2.75, 3.05) is 101 Å². The summed E-state index contributed by atoms with van der Waals surface area (Å²) in [7, 11) is 6.33. The Balaban J connectivity index is 0.000000116. The van der Waals surface area contributed by atoms with Crippen molar-refractivity contribution in [2.24, 2.45) is 5.73 Å². The van der Waals surface area contributed by atoms with Gasteiger partial charge in [0.2, 0.25) is 0 Å². The number of hydrogen-bond donors (Lipinski definition) is 7. The molecule has 9 aromatic heterocycles. The van der Waals surface area contributed by atoms with Gasteiger partial charge < -0.3 is 57.7 Å². The molecule has 0 bridgehead atoms. The molecule has 5 saturated heterocycles. The molecule has 9 aromatic rings. The molecule has 76 heavy (non-hydrogen) atoms. The zero-order valence-corrected chi connectivity index (χ0v) is 46.1. The molecule has 5 aliphatic heterocycles. The van der Waals surface area contributed by atoms with Gasteiger partial charge >= 0.3 is 0 Å². The first-order valence-electron chi connectivity index (χ1n) is 25.8. The number of nitrogen functional groups attached to an aromatic ring is 3. The van der Waals surface area contributed by atoms with E-state index in [9.17, 15) is 0 Å². The van der Waals surface area contributed by atoms with Gasteiger partial charge in [-0.15, -0.1) is 34.0 Å². The average molecular weight is 1110 g/mol. The monoisotopic (exact) mass is 1100 g/mol. The normalized spacial score (nSPS) is 19.7. The van der Waals surface area contributed by atoms with Crippen LogP contribution in [0.4, 0.5) is 28.8 Å². The van der Waals surface area contributed by atoms with Gasteiger partial charge in [0.15, 0.2) is 12.5 Å². The van der Waals surface area contributed by atoms with Crippen LogP contribution in [0.2, 0.25) is 5.02 Å². The van der Waals surface area contributed by atoms with Crippen LogP contribution in [0.3, 0.4) is 0 Å². The Hall–Kier alpha value is -5.99. The Labute approximate surface area is 457 Å². The maximum Gasteiger partial charge on any atom is 0.150 e. The largest absolute Gasteiger partial charge is 0.384 e. The number of ether oxygens (including phenoxy) is 2. The minimum atomic E-state index is 0.0115. The minimum absolute atomic E-state index is 0.0115. The van der Waals surface area contributed by atoms with Crippen molar-refractivity contribution in [2.45, 2.75) is 69.1 Å². The Bertz CT molecular complexity index is 3370. The standard InChI is InChI=1S/C19H24N6OS.C15H15ClN4OS.C14H16N6S.C4H10N2/c1-24-10-12(11-24)22-14-9-17(20)23-13-8-16(27-19(13)14)15-5-6-21-25(15)18-4-2-3-7-26-18;16-9-7-13(17)19-10-8-12(22-15(9)10)11-4-5-18-20(11)14-3-1-2-6-21-14;1-20-6-8(7-20)17-11-5-13(15)18-10-4-12(21-14(10)11)9-2-3-16-19-9;1-6-2-4(5)3-6/h5-6,8-9,12,18H,2-4,7,10-11H2,1H3,(H3,20,22,23);4-5,7-8,14H,1-3,6H2,(H2,17,19);2-5,8H,6-7H2,1H3,(H,16,19)(H3,15,17,18);4H,2-3,5H2,1H3. The topological polar surface area (TPSA) is 259 Å². The summed E-state index contributed by atoms with van der Waals surface area (Å²) in [5.74, 6) is 1.53. The van der Waals surface area contributed by atoms with Crippen LogP contribution in [-0.2, 0) is 9.47 Å². The number of anilines is 5. The fourth-order valence-electron chi connectivity index (χ4n) is 10.2. The lowest BCUT2D eigenvalue weighted by atomic mass is 10.1. The molecule has 14 heterocycles. The molecule has 0 aromatic carbocycles. The molecule has 2 atom stereocenters. The van der Waals surface area contributed by atoms with E-state index in [0.29, 0.717) is 40.6 Å². The third-order valence-corrected chi connectivity index (χ3v) is 17.8. The van der Waals surface area contributed by atoms with Crippen LogP contribution < -0.4 is 33.6 Å². The number of pyridine rings is 3. The van der Waals surface area contributed by atoms with E-state index >= 15 is 0 Å². The first-order chi connectivity index (χ1) is 36.9. The van der Waals surface area contributed by atoms with E-state index in [2.05, 4.69) is 100 Å². The molecule has 5 fully saturated rings. The molecule has 20 nitrogen and oxygen atoms in total. The number of rotatable bonds is 9. The molecule has 0 radical (unpaired) electrons. The summed E-state index contributed by atoms with van der Waals surface area (Å²) in [6, 6.07) is 19.2.